The van der Waals surface area contributed by atoms with Crippen molar-refractivity contribution in [3.63, 3.8) is 0 Å². The Morgan fingerprint density at radius 1 is 1.03 bits per heavy atom. The van der Waals surface area contributed by atoms with E-state index >= 15 is 0 Å². The third-order valence-electron chi connectivity index (χ3n) is 6.48. The number of hydrogen-bond acceptors (Lipinski definition) is 8. The minimum Gasteiger partial charge on any atom is -0.507 e. The number of aliphatic hydroxyl groups is 1. The van der Waals surface area contributed by atoms with Gasteiger partial charge in [0.15, 0.2) is 23.0 Å². The Hall–Kier alpha value is -4.53. The summed E-state index contributed by atoms with van der Waals surface area (Å²) in [6, 6.07) is 13.0. The fourth-order valence-corrected chi connectivity index (χ4v) is 4.72. The third kappa shape index (κ3) is 5.25. The number of carbonyl (C=O) groups is 2. The van der Waals surface area contributed by atoms with Gasteiger partial charge in [-0.05, 0) is 60.9 Å². The largest absolute Gasteiger partial charge is 0.507 e. The van der Waals surface area contributed by atoms with Gasteiger partial charge in [0, 0.05) is 24.5 Å². The number of aromatic nitrogens is 1. The Balaban J connectivity index is 1.63. The van der Waals surface area contributed by atoms with Gasteiger partial charge in [-0.3, -0.25) is 14.6 Å². The molecule has 2 aliphatic rings. The number of fused-ring (bicyclic) bond motifs is 1. The van der Waals surface area contributed by atoms with E-state index in [1.165, 1.54) is 4.90 Å². The van der Waals surface area contributed by atoms with E-state index in [4.69, 9.17) is 18.9 Å². The number of benzene rings is 2. The third-order valence-corrected chi connectivity index (χ3v) is 6.48. The van der Waals surface area contributed by atoms with Crippen LogP contribution in [0.15, 0.2) is 66.5 Å². The summed E-state index contributed by atoms with van der Waals surface area (Å²) < 4.78 is 23.0. The number of likely N-dealkylation sites (tertiary alicyclic amines) is 1. The van der Waals surface area contributed by atoms with Gasteiger partial charge in [-0.1, -0.05) is 19.1 Å². The standard InChI is InChI=1S/C30H30N2O7/c1-3-12-37-22-9-7-20(15-24(22)36-4-2)27-26(28(33)21-8-10-23-25(16-21)39-14-13-38-23)29(34)30(35)32(27)18-19-6-5-11-31-17-19/h5-11,15-17,27,33H,3-4,12-14,18H2,1-2H3/b28-26+/t27-/m0/s1. The Bertz CT molecular complexity index is 1400. The molecule has 1 aromatic heterocycles. The number of ether oxygens (including phenoxy) is 4. The number of carbonyl (C=O) groups excluding carboxylic acids is 2. The lowest BCUT2D eigenvalue weighted by Gasteiger charge is -2.26. The van der Waals surface area contributed by atoms with Crippen LogP contribution in [-0.2, 0) is 16.1 Å². The van der Waals surface area contributed by atoms with E-state index in [-0.39, 0.29) is 17.9 Å². The molecule has 1 atom stereocenters. The second-order valence-electron chi connectivity index (χ2n) is 9.13. The average molecular weight is 531 g/mol. The molecule has 0 bridgehead atoms. The molecule has 3 aromatic rings. The van der Waals surface area contributed by atoms with Crippen molar-refractivity contribution in [3.05, 3.63) is 83.2 Å². The van der Waals surface area contributed by atoms with Crippen LogP contribution in [-0.4, -0.2) is 53.1 Å². The van der Waals surface area contributed by atoms with Crippen LogP contribution in [0.5, 0.6) is 23.0 Å². The molecule has 1 amide bonds. The van der Waals surface area contributed by atoms with Crippen molar-refractivity contribution in [2.75, 3.05) is 26.4 Å². The number of rotatable bonds is 9. The zero-order valence-corrected chi connectivity index (χ0v) is 21.9. The van der Waals surface area contributed by atoms with Crippen molar-refractivity contribution < 1.29 is 33.6 Å². The van der Waals surface area contributed by atoms with E-state index in [9.17, 15) is 14.7 Å². The van der Waals surface area contributed by atoms with Crippen LogP contribution >= 0.6 is 0 Å². The molecule has 39 heavy (non-hydrogen) atoms. The molecule has 1 fully saturated rings. The molecule has 202 valence electrons. The fourth-order valence-electron chi connectivity index (χ4n) is 4.72. The van der Waals surface area contributed by atoms with Crippen molar-refractivity contribution in [2.45, 2.75) is 32.9 Å². The highest BCUT2D eigenvalue weighted by atomic mass is 16.6. The lowest BCUT2D eigenvalue weighted by atomic mass is 9.94. The summed E-state index contributed by atoms with van der Waals surface area (Å²) in [5.41, 5.74) is 1.67. The molecule has 0 unspecified atom stereocenters. The van der Waals surface area contributed by atoms with E-state index in [2.05, 4.69) is 4.98 Å². The number of ketones is 1. The lowest BCUT2D eigenvalue weighted by Crippen LogP contribution is -2.29. The Kier molecular flexibility index (Phi) is 7.67. The maximum atomic E-state index is 13.5. The predicted octanol–water partition coefficient (Wildman–Crippen LogP) is 4.66. The molecule has 1 N–H and O–H groups in total. The van der Waals surface area contributed by atoms with Gasteiger partial charge in [0.05, 0.1) is 24.8 Å². The van der Waals surface area contributed by atoms with Gasteiger partial charge in [-0.2, -0.15) is 0 Å². The molecule has 2 aliphatic heterocycles. The fraction of sp³-hybridized carbons (Fsp3) is 0.300. The zero-order valence-electron chi connectivity index (χ0n) is 21.9. The molecule has 3 heterocycles. The summed E-state index contributed by atoms with van der Waals surface area (Å²) in [7, 11) is 0. The first kappa shape index (κ1) is 26.1. The molecule has 5 rings (SSSR count). The summed E-state index contributed by atoms with van der Waals surface area (Å²) in [5.74, 6) is 0.284. The van der Waals surface area contributed by atoms with E-state index in [1.54, 1.807) is 54.9 Å². The zero-order chi connectivity index (χ0) is 27.4. The van der Waals surface area contributed by atoms with Crippen LogP contribution in [0.2, 0.25) is 0 Å². The van der Waals surface area contributed by atoms with Gasteiger partial charge in [-0.25, -0.2) is 0 Å². The van der Waals surface area contributed by atoms with E-state index in [0.29, 0.717) is 60.6 Å². The highest BCUT2D eigenvalue weighted by Gasteiger charge is 2.46. The van der Waals surface area contributed by atoms with Crippen molar-refractivity contribution in [1.29, 1.82) is 0 Å². The first-order chi connectivity index (χ1) is 19.0. The molecule has 0 radical (unpaired) electrons. The number of Topliss-reactive ketones (excluding diaryl/α,β-unsaturated/α-hetero) is 1. The van der Waals surface area contributed by atoms with Gasteiger partial charge in [0.2, 0.25) is 0 Å². The number of amides is 1. The van der Waals surface area contributed by atoms with Crippen molar-refractivity contribution in [2.24, 2.45) is 0 Å². The van der Waals surface area contributed by atoms with Crippen LogP contribution in [0, 0.1) is 0 Å². The second kappa shape index (κ2) is 11.5. The Morgan fingerprint density at radius 2 is 1.85 bits per heavy atom. The molecular formula is C30H30N2O7. The van der Waals surface area contributed by atoms with Crippen molar-refractivity contribution >= 4 is 17.4 Å². The van der Waals surface area contributed by atoms with Crippen LogP contribution in [0.3, 0.4) is 0 Å². The molecule has 9 nitrogen and oxygen atoms in total. The average Bonchev–Trinajstić information content (AvgIpc) is 3.21. The summed E-state index contributed by atoms with van der Waals surface area (Å²) in [6.07, 6.45) is 4.11. The highest BCUT2D eigenvalue weighted by Crippen LogP contribution is 2.43. The minimum absolute atomic E-state index is 0.0229. The normalized spacial score (nSPS) is 17.8. The Morgan fingerprint density at radius 3 is 2.59 bits per heavy atom. The number of nitrogens with zero attached hydrogens (tertiary/aromatic N) is 2. The maximum Gasteiger partial charge on any atom is 0.295 e. The van der Waals surface area contributed by atoms with Crippen LogP contribution in [0.4, 0.5) is 0 Å². The number of pyridine rings is 1. The van der Waals surface area contributed by atoms with Crippen LogP contribution in [0.1, 0.15) is 43.0 Å². The second-order valence-corrected chi connectivity index (χ2v) is 9.13. The minimum atomic E-state index is -0.877. The molecule has 1 saturated heterocycles. The first-order valence-corrected chi connectivity index (χ1v) is 13.0. The summed E-state index contributed by atoms with van der Waals surface area (Å²) in [4.78, 5) is 32.5. The first-order valence-electron chi connectivity index (χ1n) is 13.0. The Labute approximate surface area is 226 Å². The van der Waals surface area contributed by atoms with Gasteiger partial charge < -0.3 is 29.0 Å². The van der Waals surface area contributed by atoms with Gasteiger partial charge in [0.1, 0.15) is 19.0 Å². The topological polar surface area (TPSA) is 107 Å². The maximum absolute atomic E-state index is 13.5. The quantitative estimate of drug-likeness (QED) is 0.242. The smallest absolute Gasteiger partial charge is 0.295 e. The van der Waals surface area contributed by atoms with Crippen molar-refractivity contribution in [3.8, 4) is 23.0 Å². The predicted molar refractivity (Wildman–Crippen MR) is 143 cm³/mol. The lowest BCUT2D eigenvalue weighted by molar-refractivity contribution is -0.140. The highest BCUT2D eigenvalue weighted by molar-refractivity contribution is 6.46. The molecule has 0 spiro atoms. The molecule has 2 aromatic carbocycles. The van der Waals surface area contributed by atoms with E-state index in [1.807, 2.05) is 19.9 Å². The van der Waals surface area contributed by atoms with Gasteiger partial charge in [-0.15, -0.1) is 0 Å². The van der Waals surface area contributed by atoms with Crippen LogP contribution < -0.4 is 18.9 Å². The molecule has 0 saturated carbocycles. The molecule has 9 heteroatoms. The summed E-state index contributed by atoms with van der Waals surface area (Å²) in [6.45, 7) is 5.73. The number of aliphatic hydroxyl groups excluding tert-OH is 1. The van der Waals surface area contributed by atoms with Gasteiger partial charge in [0.25, 0.3) is 11.7 Å². The van der Waals surface area contributed by atoms with Crippen LogP contribution in [0.25, 0.3) is 5.76 Å². The summed E-state index contributed by atoms with van der Waals surface area (Å²) in [5, 5.41) is 11.5. The van der Waals surface area contributed by atoms with E-state index in [0.717, 1.165) is 12.0 Å². The van der Waals surface area contributed by atoms with Crippen molar-refractivity contribution in [1.82, 2.24) is 9.88 Å². The molecule has 0 aliphatic carbocycles. The van der Waals surface area contributed by atoms with Gasteiger partial charge >= 0.3 is 0 Å². The number of hydrogen-bond donors (Lipinski definition) is 1. The SMILES string of the molecule is CCCOc1ccc([C@H]2/C(=C(\O)c3ccc4c(c3)OCCO4)C(=O)C(=O)N2Cc2cccnc2)cc1OCC. The summed E-state index contributed by atoms with van der Waals surface area (Å²) >= 11 is 0. The monoisotopic (exact) mass is 530 g/mol. The molecular weight excluding hydrogens is 500 g/mol. The van der Waals surface area contributed by atoms with E-state index < -0.39 is 17.7 Å².